The van der Waals surface area contributed by atoms with E-state index in [0.29, 0.717) is 30.0 Å². The smallest absolute Gasteiger partial charge is 0.338 e. The summed E-state index contributed by atoms with van der Waals surface area (Å²) in [5.41, 5.74) is -1.75. The summed E-state index contributed by atoms with van der Waals surface area (Å²) in [4.78, 5) is 37.6. The molecule has 44 heavy (non-hydrogen) atoms. The largest absolute Gasteiger partial charge is 0.460 e. The van der Waals surface area contributed by atoms with Gasteiger partial charge in [-0.25, -0.2) is 36.3 Å². The number of benzene rings is 1. The predicted molar refractivity (Wildman–Crippen MR) is 151 cm³/mol. The Kier molecular flexibility index (Phi) is 8.71. The van der Waals surface area contributed by atoms with Gasteiger partial charge in [0.1, 0.15) is 24.9 Å². The van der Waals surface area contributed by atoms with Gasteiger partial charge in [0, 0.05) is 30.7 Å². The highest BCUT2D eigenvalue weighted by molar-refractivity contribution is 7.89. The average molecular weight is 653 g/mol. The summed E-state index contributed by atoms with van der Waals surface area (Å²) in [6, 6.07) is 5.69. The second-order valence-corrected chi connectivity index (χ2v) is 13.6. The summed E-state index contributed by atoms with van der Waals surface area (Å²) in [6.07, 6.45) is 2.39. The molecule has 5 rings (SSSR count). The Bertz CT molecular complexity index is 1940. The van der Waals surface area contributed by atoms with Gasteiger partial charge in [-0.15, -0.1) is 9.19 Å². The first kappa shape index (κ1) is 31.1. The quantitative estimate of drug-likeness (QED) is 0.242. The van der Waals surface area contributed by atoms with E-state index in [1.807, 2.05) is 0 Å². The molecule has 0 aliphatic carbocycles. The SMILES string of the molecule is CS(=O)(=O)N1CCC(Nc2ncc3cc(C(F)F)c(=O)n(CCOC(=O)c4ccc(S(=O)(=O)n5cncn5)cc4)c3n2)CC1. The van der Waals surface area contributed by atoms with E-state index >= 15 is 0 Å². The number of nitrogens with zero attached hydrogens (tertiary/aromatic N) is 7. The molecule has 3 aromatic heterocycles. The second-order valence-electron chi connectivity index (χ2n) is 9.84. The number of sulfonamides is 1. The summed E-state index contributed by atoms with van der Waals surface area (Å²) in [6.45, 7) is -0.101. The third-order valence-corrected chi connectivity index (χ3v) is 9.78. The number of piperidine rings is 1. The standard InChI is InChI=1S/C25H26F2N8O7S2/c1-43(38,39)33-8-6-18(7-9-33)31-25-29-13-17-12-20(21(26)27)23(36)34(22(17)32-25)10-11-42-24(37)16-2-4-19(5-3-16)44(40,41)35-15-28-14-30-35/h2-5,12-15,18,21H,6-11H2,1H3,(H,29,31,32). The maximum atomic E-state index is 13.7. The first-order valence-corrected chi connectivity index (χ1v) is 16.4. The fraction of sp³-hybridized carbons (Fsp3) is 0.360. The van der Waals surface area contributed by atoms with Crippen LogP contribution in [0.25, 0.3) is 11.0 Å². The van der Waals surface area contributed by atoms with Crippen molar-refractivity contribution in [1.82, 2.24) is 33.0 Å². The van der Waals surface area contributed by atoms with Gasteiger partial charge in [0.2, 0.25) is 16.0 Å². The van der Waals surface area contributed by atoms with Crippen LogP contribution in [0.15, 0.2) is 58.9 Å². The van der Waals surface area contributed by atoms with Gasteiger partial charge in [-0.05, 0) is 43.2 Å². The van der Waals surface area contributed by atoms with Gasteiger partial charge in [-0.2, -0.15) is 13.4 Å². The zero-order chi connectivity index (χ0) is 31.6. The Morgan fingerprint density at radius 2 is 1.84 bits per heavy atom. The van der Waals surface area contributed by atoms with E-state index in [4.69, 9.17) is 4.74 Å². The maximum absolute atomic E-state index is 13.7. The number of alkyl halides is 2. The number of pyridine rings is 1. The minimum Gasteiger partial charge on any atom is -0.460 e. The highest BCUT2D eigenvalue weighted by atomic mass is 32.2. The molecule has 4 heterocycles. The molecule has 1 fully saturated rings. The van der Waals surface area contributed by atoms with Crippen LogP contribution >= 0.6 is 0 Å². The van der Waals surface area contributed by atoms with Crippen LogP contribution in [-0.4, -0.2) is 87.8 Å². The molecular weight excluding hydrogens is 626 g/mol. The first-order valence-electron chi connectivity index (χ1n) is 13.1. The fourth-order valence-corrected chi connectivity index (χ4v) is 6.55. The van der Waals surface area contributed by atoms with Crippen LogP contribution in [-0.2, 0) is 31.3 Å². The third kappa shape index (κ3) is 6.58. The van der Waals surface area contributed by atoms with Crippen LogP contribution < -0.4 is 10.9 Å². The molecule has 19 heteroatoms. The van der Waals surface area contributed by atoms with Gasteiger partial charge in [-0.3, -0.25) is 9.36 Å². The molecule has 0 unspecified atom stereocenters. The van der Waals surface area contributed by atoms with Crippen molar-refractivity contribution < 1.29 is 35.1 Å². The van der Waals surface area contributed by atoms with Gasteiger partial charge in [0.05, 0.1) is 28.8 Å². The molecule has 0 saturated carbocycles. The molecule has 1 aliphatic heterocycles. The number of halogens is 2. The van der Waals surface area contributed by atoms with Crippen LogP contribution in [0.3, 0.4) is 0 Å². The summed E-state index contributed by atoms with van der Waals surface area (Å²) in [5.74, 6) is -0.722. The monoisotopic (exact) mass is 652 g/mol. The minimum atomic E-state index is -4.00. The Balaban J connectivity index is 1.31. The number of rotatable bonds is 10. The fourth-order valence-electron chi connectivity index (χ4n) is 4.63. The van der Waals surface area contributed by atoms with Crippen molar-refractivity contribution in [3.8, 4) is 0 Å². The molecule has 0 bridgehead atoms. The molecule has 234 valence electrons. The number of nitrogens with one attached hydrogen (secondary N) is 1. The van der Waals surface area contributed by atoms with E-state index < -0.39 is 50.2 Å². The lowest BCUT2D eigenvalue weighted by Gasteiger charge is -2.30. The second kappa shape index (κ2) is 12.3. The molecule has 0 radical (unpaired) electrons. The summed E-state index contributed by atoms with van der Waals surface area (Å²) in [5, 5.41) is 6.86. The number of esters is 1. The summed E-state index contributed by atoms with van der Waals surface area (Å²) < 4.78 is 84.2. The molecule has 1 saturated heterocycles. The van der Waals surface area contributed by atoms with E-state index in [1.165, 1.54) is 34.8 Å². The Hall–Kier alpha value is -4.36. The molecule has 0 atom stereocenters. The van der Waals surface area contributed by atoms with Crippen molar-refractivity contribution >= 4 is 43.0 Å². The van der Waals surface area contributed by atoms with Crippen LogP contribution in [0, 0.1) is 0 Å². The first-order chi connectivity index (χ1) is 20.8. The molecule has 15 nitrogen and oxygen atoms in total. The van der Waals surface area contributed by atoms with Gasteiger partial charge in [0.15, 0.2) is 0 Å². The van der Waals surface area contributed by atoms with E-state index in [9.17, 15) is 35.2 Å². The zero-order valence-corrected chi connectivity index (χ0v) is 24.7. The van der Waals surface area contributed by atoms with Crippen molar-refractivity contribution in [2.75, 3.05) is 31.3 Å². The van der Waals surface area contributed by atoms with Crippen LogP contribution in [0.2, 0.25) is 0 Å². The van der Waals surface area contributed by atoms with Crippen LogP contribution in [0.4, 0.5) is 14.7 Å². The number of hydrogen-bond donors (Lipinski definition) is 1. The molecule has 0 spiro atoms. The Morgan fingerprint density at radius 3 is 2.45 bits per heavy atom. The molecular formula is C25H26F2N8O7S2. The lowest BCUT2D eigenvalue weighted by molar-refractivity contribution is 0.0490. The minimum absolute atomic E-state index is 0.0109. The highest BCUT2D eigenvalue weighted by Gasteiger charge is 2.26. The zero-order valence-electron chi connectivity index (χ0n) is 23.1. The van der Waals surface area contributed by atoms with Crippen LogP contribution in [0.1, 0.15) is 35.2 Å². The van der Waals surface area contributed by atoms with Crippen molar-refractivity contribution in [3.63, 3.8) is 0 Å². The number of aromatic nitrogens is 6. The Morgan fingerprint density at radius 1 is 1.14 bits per heavy atom. The topological polar surface area (TPSA) is 188 Å². The number of anilines is 1. The summed E-state index contributed by atoms with van der Waals surface area (Å²) >= 11 is 0. The maximum Gasteiger partial charge on any atom is 0.338 e. The number of fused-ring (bicyclic) bond motifs is 1. The van der Waals surface area contributed by atoms with E-state index in [2.05, 4.69) is 25.4 Å². The van der Waals surface area contributed by atoms with E-state index in [1.54, 1.807) is 0 Å². The lowest BCUT2D eigenvalue weighted by atomic mass is 10.1. The number of hydrogen-bond acceptors (Lipinski definition) is 12. The van der Waals surface area contributed by atoms with Crippen molar-refractivity contribution in [2.45, 2.75) is 36.7 Å². The lowest BCUT2D eigenvalue weighted by Crippen LogP contribution is -2.42. The number of carbonyl (C=O) groups excluding carboxylic acids is 1. The average Bonchev–Trinajstić information content (AvgIpc) is 3.54. The van der Waals surface area contributed by atoms with Gasteiger partial charge in [-0.1, -0.05) is 0 Å². The van der Waals surface area contributed by atoms with E-state index in [-0.39, 0.29) is 40.0 Å². The van der Waals surface area contributed by atoms with E-state index in [0.717, 1.165) is 29.5 Å². The number of ether oxygens (including phenoxy) is 1. The third-order valence-electron chi connectivity index (χ3n) is 6.93. The molecule has 1 N–H and O–H groups in total. The normalized spacial score (nSPS) is 15.1. The summed E-state index contributed by atoms with van der Waals surface area (Å²) in [7, 11) is -7.31. The van der Waals surface area contributed by atoms with Crippen molar-refractivity contribution in [3.05, 3.63) is 70.7 Å². The van der Waals surface area contributed by atoms with Crippen LogP contribution in [0.5, 0.6) is 0 Å². The van der Waals surface area contributed by atoms with Gasteiger partial charge in [0.25, 0.3) is 22.0 Å². The van der Waals surface area contributed by atoms with Gasteiger partial charge < -0.3 is 10.1 Å². The molecule has 0 amide bonds. The number of carbonyl (C=O) groups is 1. The van der Waals surface area contributed by atoms with Crippen molar-refractivity contribution in [1.29, 1.82) is 0 Å². The molecule has 1 aliphatic rings. The Labute approximate surface area is 249 Å². The molecule has 4 aromatic rings. The van der Waals surface area contributed by atoms with Gasteiger partial charge >= 0.3 is 5.97 Å². The van der Waals surface area contributed by atoms with Crippen molar-refractivity contribution in [2.24, 2.45) is 0 Å². The molecule has 1 aromatic carbocycles. The highest BCUT2D eigenvalue weighted by Crippen LogP contribution is 2.22. The predicted octanol–water partition coefficient (Wildman–Crippen LogP) is 1.25.